The van der Waals surface area contributed by atoms with Gasteiger partial charge in [-0.2, -0.15) is 0 Å². The summed E-state index contributed by atoms with van der Waals surface area (Å²) < 4.78 is 0. The van der Waals surface area contributed by atoms with Gasteiger partial charge in [-0.1, -0.05) is 13.8 Å². The highest BCUT2D eigenvalue weighted by molar-refractivity contribution is 4.71. The normalized spacial score (nSPS) is 14.8. The Morgan fingerprint density at radius 1 is 1.12 bits per heavy atom. The molecule has 0 aliphatic heterocycles. The lowest BCUT2D eigenvalue weighted by Crippen LogP contribution is -2.37. The van der Waals surface area contributed by atoms with Crippen molar-refractivity contribution in [2.24, 2.45) is 5.92 Å². The summed E-state index contributed by atoms with van der Waals surface area (Å²) in [5.41, 5.74) is 0.257. The van der Waals surface area contributed by atoms with Crippen molar-refractivity contribution in [3.05, 3.63) is 0 Å². The second kappa shape index (κ2) is 7.29. The predicted octanol–water partition coefficient (Wildman–Crippen LogP) is 3.13. The lowest BCUT2D eigenvalue weighted by Gasteiger charge is -2.27. The van der Waals surface area contributed by atoms with Crippen LogP contribution in [-0.4, -0.2) is 36.6 Å². The summed E-state index contributed by atoms with van der Waals surface area (Å²) in [5.74, 6) is 0.764. The zero-order valence-electron chi connectivity index (χ0n) is 12.4. The van der Waals surface area contributed by atoms with Crippen LogP contribution in [0.1, 0.15) is 54.4 Å². The van der Waals surface area contributed by atoms with Crippen LogP contribution in [0.5, 0.6) is 0 Å². The molecule has 98 valence electrons. The summed E-state index contributed by atoms with van der Waals surface area (Å²) in [5, 5.41) is 3.54. The van der Waals surface area contributed by atoms with E-state index in [0.717, 1.165) is 12.5 Å². The van der Waals surface area contributed by atoms with Crippen molar-refractivity contribution in [2.75, 3.05) is 20.1 Å². The van der Waals surface area contributed by atoms with Gasteiger partial charge >= 0.3 is 0 Å². The third-order valence-corrected chi connectivity index (χ3v) is 2.86. The molecule has 0 amide bonds. The van der Waals surface area contributed by atoms with Crippen molar-refractivity contribution in [3.63, 3.8) is 0 Å². The molecule has 0 saturated heterocycles. The molecule has 0 bridgehead atoms. The van der Waals surface area contributed by atoms with E-state index in [4.69, 9.17) is 0 Å². The Hall–Kier alpha value is -0.0800. The number of rotatable bonds is 7. The average Bonchev–Trinajstić information content (AvgIpc) is 2.09. The highest BCUT2D eigenvalue weighted by atomic mass is 15.1. The van der Waals surface area contributed by atoms with Crippen LogP contribution in [0, 0.1) is 5.92 Å². The molecule has 16 heavy (non-hydrogen) atoms. The third kappa shape index (κ3) is 9.17. The predicted molar refractivity (Wildman–Crippen MR) is 73.9 cm³/mol. The standard InChI is InChI=1S/C14H32N2/c1-12(2)11-16(7)13(3)9-8-10-15-14(4,5)6/h12-13,15H,8-11H2,1-7H3. The molecule has 0 fully saturated rings. The first-order valence-corrected chi connectivity index (χ1v) is 6.67. The van der Waals surface area contributed by atoms with Crippen LogP contribution in [0.15, 0.2) is 0 Å². The van der Waals surface area contributed by atoms with Crippen LogP contribution in [0.4, 0.5) is 0 Å². The van der Waals surface area contributed by atoms with Crippen LogP contribution < -0.4 is 5.32 Å². The van der Waals surface area contributed by atoms with Gasteiger partial charge in [0.15, 0.2) is 0 Å². The lowest BCUT2D eigenvalue weighted by molar-refractivity contribution is 0.216. The van der Waals surface area contributed by atoms with E-state index in [0.29, 0.717) is 6.04 Å². The lowest BCUT2D eigenvalue weighted by atomic mass is 10.1. The Bertz CT molecular complexity index is 170. The highest BCUT2D eigenvalue weighted by Gasteiger charge is 2.11. The van der Waals surface area contributed by atoms with E-state index in [2.05, 4.69) is 58.8 Å². The molecule has 0 saturated carbocycles. The van der Waals surface area contributed by atoms with E-state index in [1.807, 2.05) is 0 Å². The molecular weight excluding hydrogens is 196 g/mol. The molecular formula is C14H32N2. The summed E-state index contributed by atoms with van der Waals surface area (Å²) in [6.45, 7) is 15.9. The van der Waals surface area contributed by atoms with Crippen molar-refractivity contribution in [2.45, 2.75) is 66.0 Å². The monoisotopic (exact) mass is 228 g/mol. The third-order valence-electron chi connectivity index (χ3n) is 2.86. The molecule has 0 aromatic rings. The Morgan fingerprint density at radius 3 is 2.12 bits per heavy atom. The van der Waals surface area contributed by atoms with E-state index >= 15 is 0 Å². The zero-order chi connectivity index (χ0) is 12.8. The maximum Gasteiger partial charge on any atom is 0.00965 e. The van der Waals surface area contributed by atoms with E-state index in [1.165, 1.54) is 19.4 Å². The van der Waals surface area contributed by atoms with Crippen molar-refractivity contribution in [1.82, 2.24) is 10.2 Å². The van der Waals surface area contributed by atoms with Crippen LogP contribution in [0.2, 0.25) is 0 Å². The van der Waals surface area contributed by atoms with Gasteiger partial charge in [0.2, 0.25) is 0 Å². The van der Waals surface area contributed by atoms with E-state index < -0.39 is 0 Å². The SMILES string of the molecule is CC(C)CN(C)C(C)CCCNC(C)(C)C. The van der Waals surface area contributed by atoms with Gasteiger partial charge in [-0.15, -0.1) is 0 Å². The van der Waals surface area contributed by atoms with Gasteiger partial charge in [0.25, 0.3) is 0 Å². The second-order valence-corrected chi connectivity index (χ2v) is 6.50. The number of nitrogens with one attached hydrogen (secondary N) is 1. The maximum atomic E-state index is 3.54. The molecule has 0 radical (unpaired) electrons. The second-order valence-electron chi connectivity index (χ2n) is 6.50. The molecule has 1 unspecified atom stereocenters. The van der Waals surface area contributed by atoms with Crippen LogP contribution in [-0.2, 0) is 0 Å². The van der Waals surface area contributed by atoms with Gasteiger partial charge in [-0.05, 0) is 60.0 Å². The Balaban J connectivity index is 3.61. The summed E-state index contributed by atoms with van der Waals surface area (Å²) in [7, 11) is 2.24. The first kappa shape index (κ1) is 15.9. The molecule has 0 spiro atoms. The smallest absolute Gasteiger partial charge is 0.00965 e. The molecule has 2 heteroatoms. The van der Waals surface area contributed by atoms with E-state index in [1.54, 1.807) is 0 Å². The van der Waals surface area contributed by atoms with Crippen molar-refractivity contribution < 1.29 is 0 Å². The number of hydrogen-bond donors (Lipinski definition) is 1. The van der Waals surface area contributed by atoms with Gasteiger partial charge in [0.1, 0.15) is 0 Å². The maximum absolute atomic E-state index is 3.54. The van der Waals surface area contributed by atoms with Crippen molar-refractivity contribution >= 4 is 0 Å². The molecule has 0 aliphatic carbocycles. The Morgan fingerprint density at radius 2 is 1.69 bits per heavy atom. The van der Waals surface area contributed by atoms with Crippen molar-refractivity contribution in [1.29, 1.82) is 0 Å². The van der Waals surface area contributed by atoms with Gasteiger partial charge in [-0.3, -0.25) is 0 Å². The van der Waals surface area contributed by atoms with Crippen molar-refractivity contribution in [3.8, 4) is 0 Å². The van der Waals surface area contributed by atoms with Gasteiger partial charge in [0.05, 0.1) is 0 Å². The number of hydrogen-bond acceptors (Lipinski definition) is 2. The minimum Gasteiger partial charge on any atom is -0.312 e. The fourth-order valence-corrected chi connectivity index (χ4v) is 1.84. The van der Waals surface area contributed by atoms with Gasteiger partial charge in [0, 0.05) is 18.1 Å². The van der Waals surface area contributed by atoms with Gasteiger partial charge in [-0.25, -0.2) is 0 Å². The quantitative estimate of drug-likeness (QED) is 0.674. The highest BCUT2D eigenvalue weighted by Crippen LogP contribution is 2.07. The molecule has 1 N–H and O–H groups in total. The fraction of sp³-hybridized carbons (Fsp3) is 1.00. The summed E-state index contributed by atoms with van der Waals surface area (Å²) in [4.78, 5) is 2.47. The zero-order valence-corrected chi connectivity index (χ0v) is 12.4. The topological polar surface area (TPSA) is 15.3 Å². The summed E-state index contributed by atoms with van der Waals surface area (Å²) in [6.07, 6.45) is 2.55. The largest absolute Gasteiger partial charge is 0.312 e. The average molecular weight is 228 g/mol. The first-order valence-electron chi connectivity index (χ1n) is 6.67. The minimum atomic E-state index is 0.257. The molecule has 0 rings (SSSR count). The van der Waals surface area contributed by atoms with Crippen LogP contribution in [0.3, 0.4) is 0 Å². The molecule has 1 atom stereocenters. The molecule has 0 heterocycles. The Labute approximate surface area is 103 Å². The van der Waals surface area contributed by atoms with E-state index in [-0.39, 0.29) is 5.54 Å². The van der Waals surface area contributed by atoms with E-state index in [9.17, 15) is 0 Å². The number of nitrogens with zero attached hydrogens (tertiary/aromatic N) is 1. The molecule has 0 aliphatic rings. The minimum absolute atomic E-state index is 0.257. The summed E-state index contributed by atoms with van der Waals surface area (Å²) >= 11 is 0. The molecule has 0 aromatic heterocycles. The first-order chi connectivity index (χ1) is 7.22. The summed E-state index contributed by atoms with van der Waals surface area (Å²) in [6, 6.07) is 0.698. The molecule has 2 nitrogen and oxygen atoms in total. The molecule has 0 aromatic carbocycles. The van der Waals surface area contributed by atoms with Crippen LogP contribution >= 0.6 is 0 Å². The van der Waals surface area contributed by atoms with Crippen LogP contribution in [0.25, 0.3) is 0 Å². The Kier molecular flexibility index (Phi) is 7.25. The fourth-order valence-electron chi connectivity index (χ4n) is 1.84. The van der Waals surface area contributed by atoms with Gasteiger partial charge < -0.3 is 10.2 Å².